The van der Waals surface area contributed by atoms with Gasteiger partial charge in [0.25, 0.3) is 0 Å². The van der Waals surface area contributed by atoms with Crippen LogP contribution in [0.5, 0.6) is 0 Å². The molecule has 0 amide bonds. The monoisotopic (exact) mass is 121 g/mol. The van der Waals surface area contributed by atoms with E-state index in [-0.39, 0.29) is 0 Å². The first kappa shape index (κ1) is 5.90. The first-order valence-corrected chi connectivity index (χ1v) is 2.76. The standard InChI is InChI=1S/C7H8N2/c1-4-7-8-6(2)5-9(7)3/h1,5H,2-3H3/p+1. The van der Waals surface area contributed by atoms with Gasteiger partial charge in [0.15, 0.2) is 0 Å². The number of H-pyrrole nitrogens is 1. The molecule has 9 heavy (non-hydrogen) atoms. The second-order valence-electron chi connectivity index (χ2n) is 2.04. The zero-order valence-corrected chi connectivity index (χ0v) is 5.60. The Morgan fingerprint density at radius 3 is 2.67 bits per heavy atom. The van der Waals surface area contributed by atoms with Gasteiger partial charge in [-0.05, 0) is 0 Å². The fourth-order valence-corrected chi connectivity index (χ4v) is 0.800. The summed E-state index contributed by atoms with van der Waals surface area (Å²) in [5.74, 6) is 3.34. The van der Waals surface area contributed by atoms with E-state index >= 15 is 0 Å². The van der Waals surface area contributed by atoms with E-state index < -0.39 is 0 Å². The molecular formula is C7H9N2+. The van der Waals surface area contributed by atoms with Crippen LogP contribution in [0.3, 0.4) is 0 Å². The Bertz CT molecular complexity index is 252. The van der Waals surface area contributed by atoms with Gasteiger partial charge in [-0.25, -0.2) is 9.55 Å². The Morgan fingerprint density at radius 2 is 2.44 bits per heavy atom. The summed E-state index contributed by atoms with van der Waals surface area (Å²) in [6.07, 6.45) is 7.12. The molecule has 0 spiro atoms. The number of aromatic amines is 1. The number of aromatic nitrogens is 2. The molecule has 1 N–H and O–H groups in total. The highest BCUT2D eigenvalue weighted by Crippen LogP contribution is 1.87. The van der Waals surface area contributed by atoms with Crippen LogP contribution in [0.4, 0.5) is 0 Å². The van der Waals surface area contributed by atoms with Crippen LogP contribution in [0.25, 0.3) is 0 Å². The average molecular weight is 121 g/mol. The summed E-state index contributed by atoms with van der Waals surface area (Å²) < 4.78 is 1.88. The van der Waals surface area contributed by atoms with Crippen molar-refractivity contribution in [3.05, 3.63) is 17.7 Å². The number of imidazole rings is 1. The number of hydrogen-bond donors (Lipinski definition) is 1. The minimum Gasteiger partial charge on any atom is -0.234 e. The summed E-state index contributed by atoms with van der Waals surface area (Å²) in [7, 11) is 1.92. The van der Waals surface area contributed by atoms with Gasteiger partial charge >= 0.3 is 5.82 Å². The molecule has 0 atom stereocenters. The minimum absolute atomic E-state index is 0.813. The molecule has 0 aromatic carbocycles. The van der Waals surface area contributed by atoms with Crippen molar-refractivity contribution in [1.82, 2.24) is 4.98 Å². The zero-order valence-electron chi connectivity index (χ0n) is 5.60. The van der Waals surface area contributed by atoms with Crippen LogP contribution in [0.1, 0.15) is 11.5 Å². The van der Waals surface area contributed by atoms with Crippen LogP contribution in [0.2, 0.25) is 0 Å². The Hall–Kier alpha value is -1.23. The van der Waals surface area contributed by atoms with Crippen LogP contribution in [-0.2, 0) is 7.05 Å². The van der Waals surface area contributed by atoms with E-state index in [9.17, 15) is 0 Å². The number of rotatable bonds is 0. The van der Waals surface area contributed by atoms with Crippen molar-refractivity contribution in [1.29, 1.82) is 0 Å². The smallest absolute Gasteiger partial charge is 0.234 e. The van der Waals surface area contributed by atoms with Gasteiger partial charge in [0.05, 0.1) is 7.05 Å². The van der Waals surface area contributed by atoms with Crippen LogP contribution < -0.4 is 4.57 Å². The first-order valence-electron chi connectivity index (χ1n) is 2.76. The molecule has 0 aliphatic carbocycles. The van der Waals surface area contributed by atoms with Gasteiger partial charge in [-0.2, -0.15) is 0 Å². The highest BCUT2D eigenvalue weighted by atomic mass is 15.0. The fourth-order valence-electron chi connectivity index (χ4n) is 0.800. The van der Waals surface area contributed by atoms with Gasteiger partial charge in [-0.1, -0.05) is 0 Å². The number of nitrogens with zero attached hydrogens (tertiary/aromatic N) is 1. The minimum atomic E-state index is 0.813. The van der Waals surface area contributed by atoms with E-state index in [1.165, 1.54) is 0 Å². The average Bonchev–Trinajstić information content (AvgIpc) is 2.10. The third kappa shape index (κ3) is 0.945. The molecule has 0 radical (unpaired) electrons. The van der Waals surface area contributed by atoms with Gasteiger partial charge in [0.2, 0.25) is 0 Å². The number of terminal acetylenes is 1. The molecule has 0 fully saturated rings. The lowest BCUT2D eigenvalue weighted by atomic mass is 10.6. The molecule has 2 heteroatoms. The molecule has 0 aliphatic rings. The molecule has 0 saturated heterocycles. The van der Waals surface area contributed by atoms with E-state index in [0.717, 1.165) is 11.5 Å². The number of nitrogens with one attached hydrogen (secondary N) is 1. The summed E-state index contributed by atoms with van der Waals surface area (Å²) in [4.78, 5) is 3.02. The number of aryl methyl sites for hydroxylation is 2. The van der Waals surface area contributed by atoms with E-state index in [1.807, 2.05) is 24.7 Å². The predicted molar refractivity (Wildman–Crippen MR) is 34.6 cm³/mol. The van der Waals surface area contributed by atoms with Crippen molar-refractivity contribution in [2.24, 2.45) is 7.05 Å². The maximum absolute atomic E-state index is 5.16. The van der Waals surface area contributed by atoms with E-state index in [2.05, 4.69) is 10.9 Å². The number of hydrogen-bond acceptors (Lipinski definition) is 0. The van der Waals surface area contributed by atoms with Crippen molar-refractivity contribution >= 4 is 0 Å². The zero-order chi connectivity index (χ0) is 6.85. The highest BCUT2D eigenvalue weighted by molar-refractivity contribution is 5.11. The molecule has 1 heterocycles. The molecule has 0 aliphatic heterocycles. The lowest BCUT2D eigenvalue weighted by molar-refractivity contribution is -0.672. The fraction of sp³-hybridized carbons (Fsp3) is 0.286. The van der Waals surface area contributed by atoms with Crippen molar-refractivity contribution in [3.8, 4) is 12.3 Å². The second-order valence-corrected chi connectivity index (χ2v) is 2.04. The van der Waals surface area contributed by atoms with Gasteiger partial charge < -0.3 is 0 Å². The summed E-state index contributed by atoms with van der Waals surface area (Å²) >= 11 is 0. The SMILES string of the molecule is C#Cc1[nH]c(C)c[n+]1C. The lowest BCUT2D eigenvalue weighted by Gasteiger charge is -1.76. The van der Waals surface area contributed by atoms with Gasteiger partial charge in [-0.3, -0.25) is 0 Å². The highest BCUT2D eigenvalue weighted by Gasteiger charge is 2.03. The summed E-state index contributed by atoms with van der Waals surface area (Å²) in [6.45, 7) is 1.97. The summed E-state index contributed by atoms with van der Waals surface area (Å²) in [5.41, 5.74) is 1.09. The molecule has 1 aromatic heterocycles. The summed E-state index contributed by atoms with van der Waals surface area (Å²) in [5, 5.41) is 0. The molecule has 2 nitrogen and oxygen atoms in total. The van der Waals surface area contributed by atoms with Crippen LogP contribution in [0, 0.1) is 19.3 Å². The largest absolute Gasteiger partial charge is 0.332 e. The van der Waals surface area contributed by atoms with Crippen molar-refractivity contribution in [3.63, 3.8) is 0 Å². The predicted octanol–water partition coefficient (Wildman–Crippen LogP) is 0.129. The molecule has 1 rings (SSSR count). The van der Waals surface area contributed by atoms with E-state index in [1.54, 1.807) is 0 Å². The normalized spacial score (nSPS) is 9.00. The Morgan fingerprint density at radius 1 is 1.78 bits per heavy atom. The molecule has 0 unspecified atom stereocenters. The van der Waals surface area contributed by atoms with Crippen LogP contribution in [0.15, 0.2) is 6.20 Å². The first-order chi connectivity index (χ1) is 4.24. The molecular weight excluding hydrogens is 112 g/mol. The third-order valence-electron chi connectivity index (χ3n) is 1.19. The molecule has 0 saturated carbocycles. The second kappa shape index (κ2) is 1.94. The maximum Gasteiger partial charge on any atom is 0.332 e. The van der Waals surface area contributed by atoms with Crippen molar-refractivity contribution < 1.29 is 4.57 Å². The van der Waals surface area contributed by atoms with Gasteiger partial charge in [-0.15, -0.1) is 6.42 Å². The quantitative estimate of drug-likeness (QED) is 0.372. The maximum atomic E-state index is 5.16. The summed E-state index contributed by atoms with van der Waals surface area (Å²) in [6, 6.07) is 0. The van der Waals surface area contributed by atoms with Crippen LogP contribution >= 0.6 is 0 Å². The topological polar surface area (TPSA) is 19.7 Å². The van der Waals surface area contributed by atoms with Gasteiger partial charge in [0.1, 0.15) is 11.9 Å². The Balaban J connectivity index is 3.20. The van der Waals surface area contributed by atoms with Gasteiger partial charge in [0, 0.05) is 12.8 Å². The lowest BCUT2D eigenvalue weighted by Crippen LogP contribution is -2.28. The van der Waals surface area contributed by atoms with Crippen LogP contribution in [-0.4, -0.2) is 4.98 Å². The molecule has 1 aromatic rings. The van der Waals surface area contributed by atoms with E-state index in [4.69, 9.17) is 6.42 Å². The third-order valence-corrected chi connectivity index (χ3v) is 1.19. The van der Waals surface area contributed by atoms with Crippen molar-refractivity contribution in [2.75, 3.05) is 0 Å². The van der Waals surface area contributed by atoms with E-state index in [0.29, 0.717) is 0 Å². The molecule has 46 valence electrons. The Labute approximate surface area is 54.5 Å². The Kier molecular flexibility index (Phi) is 1.27. The van der Waals surface area contributed by atoms with Crippen molar-refractivity contribution in [2.45, 2.75) is 6.92 Å². The molecule has 0 bridgehead atoms.